The zero-order valence-corrected chi connectivity index (χ0v) is 17.4. The summed E-state index contributed by atoms with van der Waals surface area (Å²) in [7, 11) is 0. The van der Waals surface area contributed by atoms with Gasteiger partial charge in [0.05, 0.1) is 28.6 Å². The highest BCUT2D eigenvalue weighted by Gasteiger charge is 2.27. The summed E-state index contributed by atoms with van der Waals surface area (Å²) in [5.41, 5.74) is 3.01. The van der Waals surface area contributed by atoms with Crippen LogP contribution in [0, 0.1) is 6.92 Å². The molecule has 1 aliphatic carbocycles. The molecule has 0 atom stereocenters. The van der Waals surface area contributed by atoms with Gasteiger partial charge in [-0.2, -0.15) is 0 Å². The van der Waals surface area contributed by atoms with Crippen molar-refractivity contribution in [3.8, 4) is 11.5 Å². The quantitative estimate of drug-likeness (QED) is 0.424. The van der Waals surface area contributed by atoms with E-state index < -0.39 is 0 Å². The van der Waals surface area contributed by atoms with Gasteiger partial charge in [0.1, 0.15) is 5.69 Å². The van der Waals surface area contributed by atoms with Crippen LogP contribution in [-0.4, -0.2) is 27.6 Å². The molecule has 0 radical (unpaired) electrons. The van der Waals surface area contributed by atoms with E-state index in [9.17, 15) is 4.79 Å². The van der Waals surface area contributed by atoms with Crippen LogP contribution in [0.4, 0.5) is 5.13 Å². The summed E-state index contributed by atoms with van der Waals surface area (Å²) in [5.74, 6) is 0.368. The van der Waals surface area contributed by atoms with E-state index in [2.05, 4.69) is 16.7 Å². The van der Waals surface area contributed by atoms with Gasteiger partial charge in [0, 0.05) is 11.4 Å². The van der Waals surface area contributed by atoms with E-state index in [0.717, 1.165) is 25.0 Å². The lowest BCUT2D eigenvalue weighted by molar-refractivity contribution is 0.0991. The van der Waals surface area contributed by atoms with Crippen LogP contribution in [0.1, 0.15) is 39.5 Å². The van der Waals surface area contributed by atoms with Gasteiger partial charge in [-0.05, 0) is 50.8 Å². The lowest BCUT2D eigenvalue weighted by atomic mass is 10.0. The first-order valence-corrected chi connectivity index (χ1v) is 10.7. The van der Waals surface area contributed by atoms with Crippen LogP contribution in [0.15, 0.2) is 46.1 Å². The van der Waals surface area contributed by atoms with Gasteiger partial charge in [-0.25, -0.2) is 9.97 Å². The number of anilines is 1. The summed E-state index contributed by atoms with van der Waals surface area (Å²) in [6, 6.07) is 5.30. The van der Waals surface area contributed by atoms with Crippen molar-refractivity contribution < 1.29 is 13.7 Å². The number of aryl methyl sites for hydroxylation is 3. The second kappa shape index (κ2) is 7.53. The first kappa shape index (κ1) is 18.7. The standard InChI is InChI=1S/C22H20N4O3S/c1-3-10-26(22-24-15-7-4-5-9-18(15)30-22)21(27)14-12-16(17-8-6-11-28-17)23-20-19(14)13(2)25-29-20/h3,6,8,11-12H,1,4-5,7,9-10H2,2H3. The van der Waals surface area contributed by atoms with Gasteiger partial charge in [0.15, 0.2) is 10.9 Å². The molecule has 1 amide bonds. The molecule has 152 valence electrons. The number of fused-ring (bicyclic) bond motifs is 2. The van der Waals surface area contributed by atoms with Crippen molar-refractivity contribution in [2.45, 2.75) is 32.6 Å². The average molecular weight is 420 g/mol. The first-order chi connectivity index (χ1) is 14.7. The Morgan fingerprint density at radius 3 is 2.97 bits per heavy atom. The molecular formula is C22H20N4O3S. The number of hydrogen-bond donors (Lipinski definition) is 0. The molecule has 0 fully saturated rings. The normalized spacial score (nSPS) is 13.4. The Labute approximate surface area is 177 Å². The third kappa shape index (κ3) is 3.13. The molecule has 4 aromatic heterocycles. The minimum absolute atomic E-state index is 0.187. The van der Waals surface area contributed by atoms with E-state index in [1.807, 2.05) is 0 Å². The van der Waals surface area contributed by atoms with Crippen molar-refractivity contribution in [1.29, 1.82) is 0 Å². The van der Waals surface area contributed by atoms with Gasteiger partial charge in [0.2, 0.25) is 0 Å². The highest BCUT2D eigenvalue weighted by atomic mass is 32.1. The number of amides is 1. The first-order valence-electron chi connectivity index (χ1n) is 9.88. The van der Waals surface area contributed by atoms with Crippen molar-refractivity contribution in [1.82, 2.24) is 15.1 Å². The minimum atomic E-state index is -0.187. The molecule has 7 nitrogen and oxygen atoms in total. The van der Waals surface area contributed by atoms with Crippen LogP contribution >= 0.6 is 11.3 Å². The van der Waals surface area contributed by atoms with Gasteiger partial charge in [-0.15, -0.1) is 17.9 Å². The number of aromatic nitrogens is 3. The van der Waals surface area contributed by atoms with Crippen LogP contribution < -0.4 is 4.90 Å². The van der Waals surface area contributed by atoms with E-state index in [4.69, 9.17) is 13.9 Å². The molecule has 0 saturated carbocycles. The van der Waals surface area contributed by atoms with Crippen LogP contribution in [-0.2, 0) is 12.8 Å². The van der Waals surface area contributed by atoms with Crippen molar-refractivity contribution >= 4 is 33.5 Å². The smallest absolute Gasteiger partial charge is 0.261 e. The Kier molecular flexibility index (Phi) is 4.71. The Morgan fingerprint density at radius 1 is 1.33 bits per heavy atom. The van der Waals surface area contributed by atoms with Crippen molar-refractivity contribution in [3.63, 3.8) is 0 Å². The third-order valence-corrected chi connectivity index (χ3v) is 6.42. The second-order valence-electron chi connectivity index (χ2n) is 7.26. The summed E-state index contributed by atoms with van der Waals surface area (Å²) in [4.78, 5) is 26.0. The molecule has 4 aromatic rings. The molecule has 0 aromatic carbocycles. The largest absolute Gasteiger partial charge is 0.463 e. The van der Waals surface area contributed by atoms with Gasteiger partial charge in [0.25, 0.3) is 11.6 Å². The number of carbonyl (C=O) groups excluding carboxylic acids is 1. The Bertz CT molecular complexity index is 1220. The van der Waals surface area contributed by atoms with E-state index in [1.165, 1.54) is 11.3 Å². The predicted molar refractivity (Wildman–Crippen MR) is 115 cm³/mol. The highest BCUT2D eigenvalue weighted by Crippen LogP contribution is 2.34. The van der Waals surface area contributed by atoms with E-state index in [-0.39, 0.29) is 5.91 Å². The predicted octanol–water partition coefficient (Wildman–Crippen LogP) is 4.96. The van der Waals surface area contributed by atoms with Crippen molar-refractivity contribution in [2.75, 3.05) is 11.4 Å². The molecule has 5 rings (SSSR count). The maximum Gasteiger partial charge on any atom is 0.261 e. The fourth-order valence-electron chi connectivity index (χ4n) is 3.79. The minimum Gasteiger partial charge on any atom is -0.463 e. The maximum absolute atomic E-state index is 13.8. The zero-order chi connectivity index (χ0) is 20.7. The fourth-order valence-corrected chi connectivity index (χ4v) is 4.95. The number of furan rings is 1. The number of carbonyl (C=O) groups is 1. The summed E-state index contributed by atoms with van der Waals surface area (Å²) in [6.07, 6.45) is 7.58. The number of nitrogens with zero attached hydrogens (tertiary/aromatic N) is 4. The molecule has 0 saturated heterocycles. The van der Waals surface area contributed by atoms with Crippen LogP contribution in [0.5, 0.6) is 0 Å². The van der Waals surface area contributed by atoms with Crippen molar-refractivity contribution in [2.24, 2.45) is 0 Å². The fraction of sp³-hybridized carbons (Fsp3) is 0.273. The molecule has 8 heteroatoms. The molecule has 4 heterocycles. The average Bonchev–Trinajstić information content (AvgIpc) is 3.50. The summed E-state index contributed by atoms with van der Waals surface area (Å²) >= 11 is 1.59. The summed E-state index contributed by atoms with van der Waals surface area (Å²) < 4.78 is 10.9. The molecule has 1 aliphatic rings. The highest BCUT2D eigenvalue weighted by molar-refractivity contribution is 7.16. The molecule has 0 spiro atoms. The van der Waals surface area contributed by atoms with Gasteiger partial charge in [-0.1, -0.05) is 11.2 Å². The van der Waals surface area contributed by atoms with Gasteiger partial charge >= 0.3 is 0 Å². The lowest BCUT2D eigenvalue weighted by Crippen LogP contribution is -2.31. The SMILES string of the molecule is C=CCN(C(=O)c1cc(-c2ccco2)nc2onc(C)c12)c1nc2c(s1)CCCC2. The summed E-state index contributed by atoms with van der Waals surface area (Å²) in [6.45, 7) is 6.00. The molecule has 30 heavy (non-hydrogen) atoms. The van der Waals surface area contributed by atoms with Crippen LogP contribution in [0.3, 0.4) is 0 Å². The molecule has 0 aliphatic heterocycles. The molecule has 0 N–H and O–H groups in total. The van der Waals surface area contributed by atoms with Gasteiger partial charge in [-0.3, -0.25) is 9.69 Å². The zero-order valence-electron chi connectivity index (χ0n) is 16.6. The lowest BCUT2D eigenvalue weighted by Gasteiger charge is -2.18. The number of rotatable bonds is 5. The Morgan fingerprint density at radius 2 is 2.20 bits per heavy atom. The van der Waals surface area contributed by atoms with Gasteiger partial charge < -0.3 is 8.94 Å². The van der Waals surface area contributed by atoms with Crippen LogP contribution in [0.2, 0.25) is 0 Å². The second-order valence-corrected chi connectivity index (χ2v) is 8.32. The molecule has 0 unspecified atom stereocenters. The molecular weight excluding hydrogens is 400 g/mol. The topological polar surface area (TPSA) is 85.3 Å². The number of hydrogen-bond acceptors (Lipinski definition) is 7. The maximum atomic E-state index is 13.8. The van der Waals surface area contributed by atoms with E-state index >= 15 is 0 Å². The Balaban J connectivity index is 1.63. The third-order valence-electron chi connectivity index (χ3n) is 5.24. The Hall–Kier alpha value is -3.26. The number of pyridine rings is 1. The molecule has 0 bridgehead atoms. The van der Waals surface area contributed by atoms with Crippen LogP contribution in [0.25, 0.3) is 22.6 Å². The van der Waals surface area contributed by atoms with E-state index in [1.54, 1.807) is 53.7 Å². The number of thiazole rings is 1. The monoisotopic (exact) mass is 420 g/mol. The van der Waals surface area contributed by atoms with Crippen molar-refractivity contribution in [3.05, 3.63) is 58.9 Å². The van der Waals surface area contributed by atoms with E-state index in [0.29, 0.717) is 45.5 Å². The summed E-state index contributed by atoms with van der Waals surface area (Å²) in [5, 5.41) is 5.32.